The molecule has 0 heterocycles. The van der Waals surface area contributed by atoms with Crippen LogP contribution in [-0.4, -0.2) is 31.1 Å². The zero-order valence-electron chi connectivity index (χ0n) is 11.9. The maximum Gasteiger partial charge on any atom is 0.243 e. The van der Waals surface area contributed by atoms with Crippen LogP contribution in [0.4, 0.5) is 0 Å². The average Bonchev–Trinajstić information content (AvgIpc) is 3.16. The van der Waals surface area contributed by atoms with Gasteiger partial charge in [0.05, 0.1) is 10.7 Å². The van der Waals surface area contributed by atoms with E-state index in [2.05, 4.69) is 0 Å². The van der Waals surface area contributed by atoms with Gasteiger partial charge in [0.15, 0.2) is 0 Å². The molecule has 0 saturated heterocycles. The molecule has 6 heteroatoms. The van der Waals surface area contributed by atoms with Gasteiger partial charge in [0.1, 0.15) is 0 Å². The first kappa shape index (κ1) is 15.0. The van der Waals surface area contributed by atoms with Crippen molar-refractivity contribution in [2.45, 2.75) is 44.0 Å². The fraction of sp³-hybridized carbons (Fsp3) is 0.500. The maximum absolute atomic E-state index is 12.7. The molecule has 0 atom stereocenters. The van der Waals surface area contributed by atoms with E-state index in [0.29, 0.717) is 4.90 Å². The molecule has 1 aliphatic rings. The summed E-state index contributed by atoms with van der Waals surface area (Å²) in [5.41, 5.74) is 7.39. The Morgan fingerprint density at radius 2 is 2.00 bits per heavy atom. The van der Waals surface area contributed by atoms with Crippen LogP contribution in [0.3, 0.4) is 0 Å². The Bertz CT molecular complexity index is 621. The zero-order chi connectivity index (χ0) is 14.9. The third kappa shape index (κ3) is 3.19. The molecular formula is C14H21N3O2S. The lowest BCUT2D eigenvalue weighted by Crippen LogP contribution is -2.35. The van der Waals surface area contributed by atoms with Gasteiger partial charge in [0, 0.05) is 19.0 Å². The van der Waals surface area contributed by atoms with E-state index in [0.717, 1.165) is 24.0 Å². The largest absolute Gasteiger partial charge is 0.388 e. The number of hydrogen-bond donors (Lipinski definition) is 2. The number of rotatable bonds is 6. The first-order valence-electron chi connectivity index (χ1n) is 6.74. The summed E-state index contributed by atoms with van der Waals surface area (Å²) < 4.78 is 26.9. The molecule has 20 heavy (non-hydrogen) atoms. The quantitative estimate of drug-likeness (QED) is 0.619. The Balaban J connectivity index is 2.29. The minimum atomic E-state index is -3.49. The minimum absolute atomic E-state index is 0.0194. The summed E-state index contributed by atoms with van der Waals surface area (Å²) in [5, 5.41) is 7.28. The molecule has 1 aliphatic carbocycles. The van der Waals surface area contributed by atoms with Crippen molar-refractivity contribution in [1.82, 2.24) is 4.31 Å². The van der Waals surface area contributed by atoms with E-state index in [1.807, 2.05) is 19.9 Å². The molecule has 0 aromatic heterocycles. The van der Waals surface area contributed by atoms with Crippen molar-refractivity contribution < 1.29 is 8.42 Å². The van der Waals surface area contributed by atoms with Crippen LogP contribution in [0, 0.1) is 19.3 Å². The summed E-state index contributed by atoms with van der Waals surface area (Å²) in [4.78, 5) is 0.330. The van der Waals surface area contributed by atoms with Gasteiger partial charge >= 0.3 is 0 Å². The zero-order valence-corrected chi connectivity index (χ0v) is 12.7. The van der Waals surface area contributed by atoms with E-state index in [9.17, 15) is 8.42 Å². The molecule has 1 aromatic rings. The number of nitrogens with zero attached hydrogens (tertiary/aromatic N) is 1. The second-order valence-corrected chi connectivity index (χ2v) is 7.26. The monoisotopic (exact) mass is 295 g/mol. The molecule has 5 nitrogen and oxygen atoms in total. The summed E-state index contributed by atoms with van der Waals surface area (Å²) in [6.45, 7) is 4.15. The predicted molar refractivity (Wildman–Crippen MR) is 79.4 cm³/mol. The van der Waals surface area contributed by atoms with Gasteiger partial charge in [-0.05, 0) is 49.9 Å². The van der Waals surface area contributed by atoms with Gasteiger partial charge < -0.3 is 5.73 Å². The van der Waals surface area contributed by atoms with Crippen LogP contribution in [0.1, 0.15) is 30.4 Å². The molecule has 3 N–H and O–H groups in total. The van der Waals surface area contributed by atoms with Crippen molar-refractivity contribution >= 4 is 15.9 Å². The summed E-state index contributed by atoms with van der Waals surface area (Å²) in [5.74, 6) is 0.0194. The third-order valence-corrected chi connectivity index (χ3v) is 5.59. The first-order valence-corrected chi connectivity index (χ1v) is 8.18. The summed E-state index contributed by atoms with van der Waals surface area (Å²) in [7, 11) is -3.49. The number of nitrogens with one attached hydrogen (secondary N) is 1. The van der Waals surface area contributed by atoms with Gasteiger partial charge in [0.2, 0.25) is 10.0 Å². The molecule has 1 fully saturated rings. The highest BCUT2D eigenvalue weighted by Gasteiger charge is 2.37. The molecule has 110 valence electrons. The molecule has 1 saturated carbocycles. The molecular weight excluding hydrogens is 274 g/mol. The lowest BCUT2D eigenvalue weighted by Gasteiger charge is -2.22. The number of benzene rings is 1. The number of amidine groups is 1. The fourth-order valence-corrected chi connectivity index (χ4v) is 3.87. The number of sulfonamides is 1. The van der Waals surface area contributed by atoms with Gasteiger partial charge in [-0.25, -0.2) is 8.42 Å². The number of nitrogens with two attached hydrogens (primary N) is 1. The van der Waals surface area contributed by atoms with Crippen LogP contribution >= 0.6 is 0 Å². The lowest BCUT2D eigenvalue weighted by molar-refractivity contribution is 0.412. The standard InChI is InChI=1S/C14H21N3O2S/c1-10-3-6-13(9-11(10)2)20(18,19)17(12-4-5-12)8-7-14(15)16/h3,6,9,12H,4-5,7-8H2,1-2H3,(H3,15,16). The van der Waals surface area contributed by atoms with Crippen molar-refractivity contribution in [2.24, 2.45) is 5.73 Å². The lowest BCUT2D eigenvalue weighted by atomic mass is 10.1. The normalized spacial score (nSPS) is 15.6. The van der Waals surface area contributed by atoms with Crippen molar-refractivity contribution in [3.63, 3.8) is 0 Å². The first-order chi connectivity index (χ1) is 9.32. The van der Waals surface area contributed by atoms with E-state index < -0.39 is 10.0 Å². The highest BCUT2D eigenvalue weighted by molar-refractivity contribution is 7.89. The van der Waals surface area contributed by atoms with Crippen LogP contribution < -0.4 is 5.73 Å². The van der Waals surface area contributed by atoms with Gasteiger partial charge in [-0.3, -0.25) is 5.41 Å². The Kier molecular flexibility index (Phi) is 4.15. The Hall–Kier alpha value is -1.40. The molecule has 0 radical (unpaired) electrons. The smallest absolute Gasteiger partial charge is 0.243 e. The van der Waals surface area contributed by atoms with Crippen molar-refractivity contribution in [3.05, 3.63) is 29.3 Å². The Morgan fingerprint density at radius 1 is 1.35 bits per heavy atom. The van der Waals surface area contributed by atoms with E-state index >= 15 is 0 Å². The number of hydrogen-bond acceptors (Lipinski definition) is 3. The minimum Gasteiger partial charge on any atom is -0.388 e. The molecule has 1 aromatic carbocycles. The van der Waals surface area contributed by atoms with Crippen LogP contribution in [0.5, 0.6) is 0 Å². The third-order valence-electron chi connectivity index (χ3n) is 3.64. The predicted octanol–water partition coefficient (Wildman–Crippen LogP) is 1.78. The van der Waals surface area contributed by atoms with Crippen molar-refractivity contribution in [1.29, 1.82) is 5.41 Å². The summed E-state index contributed by atoms with van der Waals surface area (Å²) >= 11 is 0. The van der Waals surface area contributed by atoms with Crippen LogP contribution in [-0.2, 0) is 10.0 Å². The molecule has 2 rings (SSSR count). The topological polar surface area (TPSA) is 87.2 Å². The van der Waals surface area contributed by atoms with Gasteiger partial charge in [-0.1, -0.05) is 6.07 Å². The van der Waals surface area contributed by atoms with Crippen LogP contribution in [0.25, 0.3) is 0 Å². The fourth-order valence-electron chi connectivity index (χ4n) is 2.10. The van der Waals surface area contributed by atoms with Crippen molar-refractivity contribution in [3.8, 4) is 0 Å². The second kappa shape index (κ2) is 5.54. The molecule has 0 aliphatic heterocycles. The van der Waals surface area contributed by atoms with E-state index in [4.69, 9.17) is 11.1 Å². The number of aryl methyl sites for hydroxylation is 2. The van der Waals surface area contributed by atoms with Gasteiger partial charge in [-0.15, -0.1) is 0 Å². The highest BCUT2D eigenvalue weighted by atomic mass is 32.2. The van der Waals surface area contributed by atoms with Gasteiger partial charge in [0.25, 0.3) is 0 Å². The second-order valence-electron chi connectivity index (χ2n) is 5.37. The van der Waals surface area contributed by atoms with Crippen molar-refractivity contribution in [2.75, 3.05) is 6.54 Å². The van der Waals surface area contributed by atoms with E-state index in [-0.39, 0.29) is 24.8 Å². The summed E-state index contributed by atoms with van der Waals surface area (Å²) in [6.07, 6.45) is 2.06. The average molecular weight is 295 g/mol. The Morgan fingerprint density at radius 3 is 2.50 bits per heavy atom. The summed E-state index contributed by atoms with van der Waals surface area (Å²) in [6, 6.07) is 5.27. The molecule has 0 spiro atoms. The molecule has 0 unspecified atom stereocenters. The highest BCUT2D eigenvalue weighted by Crippen LogP contribution is 2.32. The molecule has 0 amide bonds. The van der Waals surface area contributed by atoms with E-state index in [1.54, 1.807) is 12.1 Å². The van der Waals surface area contributed by atoms with Crippen LogP contribution in [0.15, 0.2) is 23.1 Å². The Labute approximate surface area is 120 Å². The maximum atomic E-state index is 12.7. The van der Waals surface area contributed by atoms with Gasteiger partial charge in [-0.2, -0.15) is 4.31 Å². The molecule has 0 bridgehead atoms. The van der Waals surface area contributed by atoms with E-state index in [1.165, 1.54) is 4.31 Å². The SMILES string of the molecule is Cc1ccc(S(=O)(=O)N(CCC(=N)N)C2CC2)cc1C. The van der Waals surface area contributed by atoms with Crippen LogP contribution in [0.2, 0.25) is 0 Å².